The first-order chi connectivity index (χ1) is 11.3. The first kappa shape index (κ1) is 15.5. The summed E-state index contributed by atoms with van der Waals surface area (Å²) in [4.78, 5) is 8.81. The number of nitrogen functional groups attached to an aromatic ring is 1. The van der Waals surface area contributed by atoms with Gasteiger partial charge in [-0.1, -0.05) is 13.3 Å². The van der Waals surface area contributed by atoms with E-state index in [1.54, 1.807) is 17.5 Å². The number of thiazole rings is 1. The highest BCUT2D eigenvalue weighted by Crippen LogP contribution is 2.32. The second-order valence-corrected chi connectivity index (χ2v) is 6.09. The first-order valence-corrected chi connectivity index (χ1v) is 8.54. The Hall–Kier alpha value is -2.40. The summed E-state index contributed by atoms with van der Waals surface area (Å²) in [6, 6.07) is 9.77. The van der Waals surface area contributed by atoms with Crippen LogP contribution in [0.4, 0.5) is 5.69 Å². The standard InChI is InChI=1S/C18H19N3OS/c1-2-3-9-22-17-7-6-13(10-15(17)19)18-21-16(12-23-18)14-5-4-8-20-11-14/h4-8,10-12H,2-3,9,19H2,1H3. The summed E-state index contributed by atoms with van der Waals surface area (Å²) in [5, 5.41) is 2.98. The van der Waals surface area contributed by atoms with Gasteiger partial charge in [0.05, 0.1) is 18.0 Å². The molecule has 5 heteroatoms. The molecule has 0 unspecified atom stereocenters. The van der Waals surface area contributed by atoms with Gasteiger partial charge in [0.2, 0.25) is 0 Å². The zero-order valence-electron chi connectivity index (χ0n) is 13.0. The molecule has 4 nitrogen and oxygen atoms in total. The van der Waals surface area contributed by atoms with Crippen molar-refractivity contribution in [3.05, 3.63) is 48.1 Å². The molecule has 0 aliphatic heterocycles. The van der Waals surface area contributed by atoms with Crippen molar-refractivity contribution in [2.45, 2.75) is 19.8 Å². The summed E-state index contributed by atoms with van der Waals surface area (Å²) in [6.07, 6.45) is 5.71. The largest absolute Gasteiger partial charge is 0.491 e. The highest BCUT2D eigenvalue weighted by molar-refractivity contribution is 7.13. The Balaban J connectivity index is 1.80. The molecular weight excluding hydrogens is 306 g/mol. The normalized spacial score (nSPS) is 10.7. The summed E-state index contributed by atoms with van der Waals surface area (Å²) < 4.78 is 5.69. The number of nitrogens with two attached hydrogens (primary N) is 1. The van der Waals surface area contributed by atoms with Crippen LogP contribution in [0.1, 0.15) is 19.8 Å². The lowest BCUT2D eigenvalue weighted by Gasteiger charge is -2.09. The molecule has 2 heterocycles. The van der Waals surface area contributed by atoms with Gasteiger partial charge in [0.1, 0.15) is 10.8 Å². The number of aromatic nitrogens is 2. The molecule has 0 amide bonds. The fraction of sp³-hybridized carbons (Fsp3) is 0.222. The van der Waals surface area contributed by atoms with Gasteiger partial charge >= 0.3 is 0 Å². The Morgan fingerprint density at radius 3 is 2.87 bits per heavy atom. The Labute approximate surface area is 140 Å². The molecule has 1 aromatic carbocycles. The predicted molar refractivity (Wildman–Crippen MR) is 95.6 cm³/mol. The van der Waals surface area contributed by atoms with Crippen LogP contribution in [0.2, 0.25) is 0 Å². The third kappa shape index (κ3) is 3.68. The molecule has 2 aromatic heterocycles. The molecule has 0 saturated carbocycles. The maximum atomic E-state index is 6.10. The van der Waals surface area contributed by atoms with E-state index in [0.29, 0.717) is 12.3 Å². The van der Waals surface area contributed by atoms with Crippen LogP contribution in [-0.4, -0.2) is 16.6 Å². The molecule has 3 aromatic rings. The van der Waals surface area contributed by atoms with Crippen molar-refractivity contribution in [2.24, 2.45) is 0 Å². The lowest BCUT2D eigenvalue weighted by atomic mass is 10.2. The van der Waals surface area contributed by atoms with Crippen LogP contribution in [0.3, 0.4) is 0 Å². The molecule has 2 N–H and O–H groups in total. The number of hydrogen-bond acceptors (Lipinski definition) is 5. The molecule has 0 bridgehead atoms. The highest BCUT2D eigenvalue weighted by Gasteiger charge is 2.09. The SMILES string of the molecule is CCCCOc1ccc(-c2nc(-c3cccnc3)cs2)cc1N. The lowest BCUT2D eigenvalue weighted by molar-refractivity contribution is 0.311. The number of ether oxygens (including phenoxy) is 1. The predicted octanol–water partition coefficient (Wildman–Crippen LogP) is 4.63. The van der Waals surface area contributed by atoms with E-state index in [1.807, 2.05) is 41.9 Å². The topological polar surface area (TPSA) is 61.0 Å². The number of hydrogen-bond donors (Lipinski definition) is 1. The molecule has 23 heavy (non-hydrogen) atoms. The van der Waals surface area contributed by atoms with Gasteiger partial charge in [0.15, 0.2) is 0 Å². The lowest BCUT2D eigenvalue weighted by Crippen LogP contribution is -2.00. The van der Waals surface area contributed by atoms with Crippen molar-refractivity contribution < 1.29 is 4.74 Å². The summed E-state index contributed by atoms with van der Waals surface area (Å²) in [5.74, 6) is 0.742. The van der Waals surface area contributed by atoms with Crippen LogP contribution in [0.15, 0.2) is 48.1 Å². The Bertz CT molecular complexity index is 771. The zero-order chi connectivity index (χ0) is 16.1. The van der Waals surface area contributed by atoms with Gasteiger partial charge in [0, 0.05) is 28.9 Å². The molecule has 0 spiro atoms. The van der Waals surface area contributed by atoms with Crippen LogP contribution in [-0.2, 0) is 0 Å². The Morgan fingerprint density at radius 1 is 1.22 bits per heavy atom. The average Bonchev–Trinajstić information content (AvgIpc) is 3.07. The van der Waals surface area contributed by atoms with Crippen molar-refractivity contribution in [3.8, 4) is 27.6 Å². The highest BCUT2D eigenvalue weighted by atomic mass is 32.1. The molecule has 0 aliphatic carbocycles. The molecule has 0 saturated heterocycles. The van der Waals surface area contributed by atoms with E-state index in [-0.39, 0.29) is 0 Å². The van der Waals surface area contributed by atoms with E-state index in [0.717, 1.165) is 40.4 Å². The number of nitrogens with zero attached hydrogens (tertiary/aromatic N) is 2. The van der Waals surface area contributed by atoms with Crippen molar-refractivity contribution in [1.29, 1.82) is 0 Å². The Kier molecular flexibility index (Phi) is 4.88. The minimum atomic E-state index is 0.650. The maximum absolute atomic E-state index is 6.10. The van der Waals surface area contributed by atoms with Gasteiger partial charge in [-0.15, -0.1) is 11.3 Å². The minimum absolute atomic E-state index is 0.650. The zero-order valence-corrected chi connectivity index (χ0v) is 13.8. The van der Waals surface area contributed by atoms with Crippen LogP contribution < -0.4 is 10.5 Å². The van der Waals surface area contributed by atoms with Gasteiger partial charge in [-0.25, -0.2) is 4.98 Å². The fourth-order valence-electron chi connectivity index (χ4n) is 2.19. The molecule has 0 fully saturated rings. The van der Waals surface area contributed by atoms with Crippen LogP contribution in [0, 0.1) is 0 Å². The number of pyridine rings is 1. The second kappa shape index (κ2) is 7.24. The van der Waals surface area contributed by atoms with Gasteiger partial charge in [-0.05, 0) is 36.8 Å². The molecule has 3 rings (SSSR count). The Morgan fingerprint density at radius 2 is 2.13 bits per heavy atom. The molecule has 0 atom stereocenters. The average molecular weight is 325 g/mol. The third-order valence-electron chi connectivity index (χ3n) is 3.47. The van der Waals surface area contributed by atoms with Gasteiger partial charge in [0.25, 0.3) is 0 Å². The van der Waals surface area contributed by atoms with E-state index < -0.39 is 0 Å². The molecule has 0 aliphatic rings. The van der Waals surface area contributed by atoms with E-state index in [4.69, 9.17) is 10.5 Å². The number of anilines is 1. The van der Waals surface area contributed by atoms with Crippen molar-refractivity contribution in [3.63, 3.8) is 0 Å². The number of unbranched alkanes of at least 4 members (excludes halogenated alkanes) is 1. The van der Waals surface area contributed by atoms with Gasteiger partial charge in [-0.2, -0.15) is 0 Å². The van der Waals surface area contributed by atoms with Crippen molar-refractivity contribution in [2.75, 3.05) is 12.3 Å². The summed E-state index contributed by atoms with van der Waals surface area (Å²) in [6.45, 7) is 2.83. The first-order valence-electron chi connectivity index (χ1n) is 7.66. The van der Waals surface area contributed by atoms with Crippen LogP contribution in [0.25, 0.3) is 21.8 Å². The van der Waals surface area contributed by atoms with E-state index in [2.05, 4.69) is 16.9 Å². The van der Waals surface area contributed by atoms with E-state index in [1.165, 1.54) is 0 Å². The van der Waals surface area contributed by atoms with Crippen molar-refractivity contribution in [1.82, 2.24) is 9.97 Å². The van der Waals surface area contributed by atoms with E-state index >= 15 is 0 Å². The molecule has 0 radical (unpaired) electrons. The van der Waals surface area contributed by atoms with Crippen LogP contribution in [0.5, 0.6) is 5.75 Å². The summed E-state index contributed by atoms with van der Waals surface area (Å²) in [5.41, 5.74) is 9.70. The summed E-state index contributed by atoms with van der Waals surface area (Å²) in [7, 11) is 0. The van der Waals surface area contributed by atoms with Gasteiger partial charge in [-0.3, -0.25) is 4.98 Å². The van der Waals surface area contributed by atoms with E-state index in [9.17, 15) is 0 Å². The fourth-order valence-corrected chi connectivity index (χ4v) is 3.02. The number of benzene rings is 1. The summed E-state index contributed by atoms with van der Waals surface area (Å²) >= 11 is 1.60. The second-order valence-electron chi connectivity index (χ2n) is 5.23. The number of rotatable bonds is 6. The van der Waals surface area contributed by atoms with Crippen molar-refractivity contribution >= 4 is 17.0 Å². The minimum Gasteiger partial charge on any atom is -0.491 e. The van der Waals surface area contributed by atoms with Crippen LogP contribution >= 0.6 is 11.3 Å². The monoisotopic (exact) mass is 325 g/mol. The van der Waals surface area contributed by atoms with Gasteiger partial charge < -0.3 is 10.5 Å². The molecular formula is C18H19N3OS. The smallest absolute Gasteiger partial charge is 0.142 e. The maximum Gasteiger partial charge on any atom is 0.142 e. The molecule has 118 valence electrons. The third-order valence-corrected chi connectivity index (χ3v) is 4.37. The quantitative estimate of drug-likeness (QED) is 0.530.